The lowest BCUT2D eigenvalue weighted by atomic mass is 9.91. The van der Waals surface area contributed by atoms with Gasteiger partial charge in [-0.25, -0.2) is 0 Å². The summed E-state index contributed by atoms with van der Waals surface area (Å²) in [6, 6.07) is -0.596. The number of nitrogens with zero attached hydrogens (tertiary/aromatic N) is 1. The van der Waals surface area contributed by atoms with Crippen molar-refractivity contribution < 1.29 is 33.9 Å². The van der Waals surface area contributed by atoms with E-state index < -0.39 is 54.4 Å². The van der Waals surface area contributed by atoms with Crippen molar-refractivity contribution in [3.8, 4) is 0 Å². The zero-order valence-corrected chi connectivity index (χ0v) is 17.1. The Morgan fingerprint density at radius 1 is 0.929 bits per heavy atom. The van der Waals surface area contributed by atoms with Crippen molar-refractivity contribution in [3.63, 3.8) is 0 Å². The van der Waals surface area contributed by atoms with Crippen LogP contribution < -0.4 is 0 Å². The van der Waals surface area contributed by atoms with E-state index in [1.807, 2.05) is 32.6 Å². The quantitative estimate of drug-likeness (QED) is 0.579. The first-order valence-corrected chi connectivity index (χ1v) is 9.74. The third-order valence-electron chi connectivity index (χ3n) is 5.30. The van der Waals surface area contributed by atoms with Gasteiger partial charge in [0.1, 0.15) is 30.5 Å². The van der Waals surface area contributed by atoms with E-state index in [1.165, 1.54) is 0 Å². The Balaban J connectivity index is 1.86. The molecule has 8 nitrogen and oxygen atoms in total. The third kappa shape index (κ3) is 4.20. The van der Waals surface area contributed by atoms with E-state index >= 15 is 0 Å². The van der Waals surface area contributed by atoms with E-state index in [-0.39, 0.29) is 6.61 Å². The van der Waals surface area contributed by atoms with Crippen molar-refractivity contribution in [2.24, 2.45) is 0 Å². The van der Waals surface area contributed by atoms with Gasteiger partial charge in [-0.2, -0.15) is 0 Å². The summed E-state index contributed by atoms with van der Waals surface area (Å²) < 4.78 is 30.1. The molecule has 3 aliphatic heterocycles. The van der Waals surface area contributed by atoms with Crippen LogP contribution in [0.5, 0.6) is 0 Å². The second-order valence-electron chi connectivity index (χ2n) is 8.41. The average Bonchev–Trinajstić information content (AvgIpc) is 3.09. The van der Waals surface area contributed by atoms with E-state index in [9.17, 15) is 10.2 Å². The molecule has 0 aromatic carbocycles. The summed E-state index contributed by atoms with van der Waals surface area (Å²) in [5.74, 6) is -1.68. The number of fused-ring (bicyclic) bond motifs is 3. The topological polar surface area (TPSA) is 89.9 Å². The monoisotopic (exact) mass is 399 g/mol. The molecule has 28 heavy (non-hydrogen) atoms. The molecule has 3 aliphatic rings. The van der Waals surface area contributed by atoms with E-state index in [1.54, 1.807) is 12.2 Å². The standard InChI is InChI=1S/C20H33NO7/c1-7-9-21(10-8-2)12(11-22)13(23)14-15-16(26-19(3,4)25-15)17-18(24-14)28-20(5,6)27-17/h7-8,12-18,22-23H,1-2,9-11H2,3-6H3/t12-,13-,14+,15-,16-,17+,18+/m0/s1. The number of ether oxygens (including phenoxy) is 5. The smallest absolute Gasteiger partial charge is 0.190 e. The van der Waals surface area contributed by atoms with Crippen molar-refractivity contribution in [1.29, 1.82) is 0 Å². The van der Waals surface area contributed by atoms with Crippen molar-refractivity contribution in [2.75, 3.05) is 19.7 Å². The maximum atomic E-state index is 11.2. The maximum Gasteiger partial charge on any atom is 0.190 e. The fraction of sp³-hybridized carbons (Fsp3) is 0.800. The lowest BCUT2D eigenvalue weighted by Gasteiger charge is -2.43. The van der Waals surface area contributed by atoms with E-state index in [2.05, 4.69) is 13.2 Å². The molecule has 0 aliphatic carbocycles. The fourth-order valence-corrected chi connectivity index (χ4v) is 4.25. The van der Waals surface area contributed by atoms with Crippen LogP contribution in [-0.4, -0.2) is 89.2 Å². The first-order chi connectivity index (χ1) is 13.1. The Morgan fingerprint density at radius 2 is 1.46 bits per heavy atom. The molecule has 0 aromatic heterocycles. The summed E-state index contributed by atoms with van der Waals surface area (Å²) in [4.78, 5) is 1.88. The molecule has 0 spiro atoms. The van der Waals surface area contributed by atoms with E-state index in [0.29, 0.717) is 13.1 Å². The lowest BCUT2D eigenvalue weighted by Crippen LogP contribution is -2.63. The molecule has 0 unspecified atom stereocenters. The molecule has 3 fully saturated rings. The Morgan fingerprint density at radius 3 is 2.04 bits per heavy atom. The Kier molecular flexibility index (Phi) is 6.34. The fourth-order valence-electron chi connectivity index (χ4n) is 4.25. The van der Waals surface area contributed by atoms with Gasteiger partial charge in [0.15, 0.2) is 17.9 Å². The number of rotatable bonds is 8. The molecule has 3 saturated heterocycles. The number of aliphatic hydroxyl groups excluding tert-OH is 2. The molecule has 2 N–H and O–H groups in total. The van der Waals surface area contributed by atoms with Crippen LogP contribution in [0.3, 0.4) is 0 Å². The van der Waals surface area contributed by atoms with Crippen LogP contribution >= 0.6 is 0 Å². The minimum atomic E-state index is -1.05. The SMILES string of the molecule is C=CCN(CC=C)[C@@H](CO)[C@H](O)[C@H]1O[C@@H]2OC(C)(C)O[C@@H]2[C@H]2OC(C)(C)O[C@H]21. The van der Waals surface area contributed by atoms with Crippen LogP contribution in [0, 0.1) is 0 Å². The van der Waals surface area contributed by atoms with Gasteiger partial charge in [-0.05, 0) is 27.7 Å². The molecule has 8 heteroatoms. The second-order valence-corrected chi connectivity index (χ2v) is 8.41. The molecule has 0 radical (unpaired) electrons. The van der Waals surface area contributed by atoms with Crippen molar-refractivity contribution in [1.82, 2.24) is 4.90 Å². The highest BCUT2D eigenvalue weighted by Gasteiger charge is 2.62. The van der Waals surface area contributed by atoms with Crippen LogP contribution in [0.4, 0.5) is 0 Å². The third-order valence-corrected chi connectivity index (χ3v) is 5.30. The van der Waals surface area contributed by atoms with Crippen LogP contribution in [0.15, 0.2) is 25.3 Å². The highest BCUT2D eigenvalue weighted by atomic mass is 16.9. The Hall–Kier alpha value is -0.840. The Labute approximate surface area is 166 Å². The van der Waals surface area contributed by atoms with Gasteiger partial charge in [0.25, 0.3) is 0 Å². The van der Waals surface area contributed by atoms with E-state index in [0.717, 1.165) is 0 Å². The van der Waals surface area contributed by atoms with Gasteiger partial charge in [0, 0.05) is 13.1 Å². The van der Waals surface area contributed by atoms with Crippen molar-refractivity contribution in [3.05, 3.63) is 25.3 Å². The minimum absolute atomic E-state index is 0.263. The predicted molar refractivity (Wildman–Crippen MR) is 101 cm³/mol. The van der Waals surface area contributed by atoms with Gasteiger partial charge in [-0.15, -0.1) is 13.2 Å². The molecular weight excluding hydrogens is 366 g/mol. The zero-order valence-electron chi connectivity index (χ0n) is 17.1. The van der Waals surface area contributed by atoms with Crippen LogP contribution in [0.2, 0.25) is 0 Å². The van der Waals surface area contributed by atoms with Gasteiger partial charge < -0.3 is 33.9 Å². The summed E-state index contributed by atoms with van der Waals surface area (Å²) in [7, 11) is 0. The summed E-state index contributed by atoms with van der Waals surface area (Å²) >= 11 is 0. The summed E-state index contributed by atoms with van der Waals surface area (Å²) in [5.41, 5.74) is 0. The van der Waals surface area contributed by atoms with Gasteiger partial charge >= 0.3 is 0 Å². The average molecular weight is 399 g/mol. The van der Waals surface area contributed by atoms with Gasteiger partial charge in [-0.1, -0.05) is 12.2 Å². The number of hydrogen-bond donors (Lipinski definition) is 2. The summed E-state index contributed by atoms with van der Waals surface area (Å²) in [6.45, 7) is 15.5. The largest absolute Gasteiger partial charge is 0.395 e. The number of hydrogen-bond acceptors (Lipinski definition) is 8. The number of aliphatic hydroxyl groups is 2. The first-order valence-electron chi connectivity index (χ1n) is 9.74. The van der Waals surface area contributed by atoms with Gasteiger partial charge in [0.05, 0.1) is 12.6 Å². The molecule has 3 heterocycles. The zero-order chi connectivity index (χ0) is 20.7. The second kappa shape index (κ2) is 8.12. The normalized spacial score (nSPS) is 37.9. The first kappa shape index (κ1) is 21.9. The van der Waals surface area contributed by atoms with Crippen LogP contribution in [-0.2, 0) is 23.7 Å². The van der Waals surface area contributed by atoms with Crippen molar-refractivity contribution >= 4 is 0 Å². The highest BCUT2D eigenvalue weighted by molar-refractivity contribution is 5.04. The van der Waals surface area contributed by atoms with Gasteiger partial charge in [0.2, 0.25) is 0 Å². The Bertz CT molecular complexity index is 571. The highest BCUT2D eigenvalue weighted by Crippen LogP contribution is 2.45. The summed E-state index contributed by atoms with van der Waals surface area (Å²) in [6.07, 6.45) is -0.561. The van der Waals surface area contributed by atoms with E-state index in [4.69, 9.17) is 23.7 Å². The molecule has 160 valence electrons. The van der Waals surface area contributed by atoms with Crippen LogP contribution in [0.1, 0.15) is 27.7 Å². The summed E-state index contributed by atoms with van der Waals surface area (Å²) in [5, 5.41) is 21.2. The van der Waals surface area contributed by atoms with Crippen molar-refractivity contribution in [2.45, 2.75) is 82.1 Å². The van der Waals surface area contributed by atoms with Gasteiger partial charge in [-0.3, -0.25) is 4.90 Å². The molecule has 0 bridgehead atoms. The maximum absolute atomic E-state index is 11.2. The molecule has 0 saturated carbocycles. The molecule has 0 aromatic rings. The molecule has 0 amide bonds. The predicted octanol–water partition coefficient (Wildman–Crippen LogP) is 0.779. The van der Waals surface area contributed by atoms with Crippen LogP contribution in [0.25, 0.3) is 0 Å². The molecule has 7 atom stereocenters. The lowest BCUT2D eigenvalue weighted by molar-refractivity contribution is -0.258. The molecule has 3 rings (SSSR count). The minimum Gasteiger partial charge on any atom is -0.395 e. The molecular formula is C20H33NO7.